The Bertz CT molecular complexity index is 1210. The van der Waals surface area contributed by atoms with Crippen molar-refractivity contribution in [3.05, 3.63) is 93.8 Å². The molecular weight excluding hydrogens is 485 g/mol. The number of aliphatic carboxylic acids is 1. The van der Waals surface area contributed by atoms with Gasteiger partial charge in [-0.3, -0.25) is 4.90 Å². The van der Waals surface area contributed by atoms with Gasteiger partial charge < -0.3 is 20.1 Å². The van der Waals surface area contributed by atoms with Gasteiger partial charge >= 0.3 is 5.97 Å². The third-order valence-corrected chi connectivity index (χ3v) is 7.84. The molecule has 0 saturated carbocycles. The summed E-state index contributed by atoms with van der Waals surface area (Å²) in [6.07, 6.45) is 3.85. The van der Waals surface area contributed by atoms with Crippen molar-refractivity contribution in [1.82, 2.24) is 4.90 Å². The second-order valence-electron chi connectivity index (χ2n) is 10.6. The van der Waals surface area contributed by atoms with E-state index in [2.05, 4.69) is 4.90 Å². The van der Waals surface area contributed by atoms with Gasteiger partial charge in [0, 0.05) is 25.0 Å². The smallest absolute Gasteiger partial charge is 0.335 e. The van der Waals surface area contributed by atoms with E-state index < -0.39 is 18.2 Å². The zero-order chi connectivity index (χ0) is 27.4. The molecule has 6 nitrogen and oxygen atoms in total. The van der Waals surface area contributed by atoms with Gasteiger partial charge in [0.25, 0.3) is 0 Å². The van der Waals surface area contributed by atoms with Crippen molar-refractivity contribution in [3.63, 3.8) is 0 Å². The summed E-state index contributed by atoms with van der Waals surface area (Å²) >= 11 is 0. The maximum Gasteiger partial charge on any atom is 0.335 e. The summed E-state index contributed by atoms with van der Waals surface area (Å²) in [7, 11) is 0. The summed E-state index contributed by atoms with van der Waals surface area (Å²) in [5.41, 5.74) is 4.72. The maximum absolute atomic E-state index is 14.0. The molecule has 4 rings (SSSR count). The predicted octanol–water partition coefficient (Wildman–Crippen LogP) is 4.70. The van der Waals surface area contributed by atoms with Gasteiger partial charge in [-0.15, -0.1) is 0 Å². The molecule has 2 aromatic carbocycles. The first-order valence-corrected chi connectivity index (χ1v) is 13.3. The van der Waals surface area contributed by atoms with Gasteiger partial charge in [-0.25, -0.2) is 9.18 Å². The largest absolute Gasteiger partial charge is 0.478 e. The number of nitrogens with zero attached hydrogens (tertiary/aromatic N) is 1. The van der Waals surface area contributed by atoms with Gasteiger partial charge in [-0.05, 0) is 68.4 Å². The van der Waals surface area contributed by atoms with Crippen LogP contribution in [0.2, 0.25) is 0 Å². The minimum absolute atomic E-state index is 0.0590. The fourth-order valence-corrected chi connectivity index (χ4v) is 5.61. The first-order valence-electron chi connectivity index (χ1n) is 13.3. The maximum atomic E-state index is 14.0. The molecule has 7 heteroatoms. The second kappa shape index (κ2) is 12.3. The van der Waals surface area contributed by atoms with Crippen LogP contribution in [0.15, 0.2) is 65.8 Å². The van der Waals surface area contributed by atoms with Crippen molar-refractivity contribution >= 4 is 5.97 Å². The van der Waals surface area contributed by atoms with Gasteiger partial charge in [0.05, 0.1) is 30.5 Å². The third kappa shape index (κ3) is 6.59. The molecule has 38 heavy (non-hydrogen) atoms. The van der Waals surface area contributed by atoms with E-state index in [0.29, 0.717) is 43.5 Å². The number of hydrogen-bond acceptors (Lipinski definition) is 5. The van der Waals surface area contributed by atoms with Crippen LogP contribution in [0.4, 0.5) is 4.39 Å². The number of aryl methyl sites for hydroxylation is 1. The molecule has 204 valence electrons. The molecule has 1 aliphatic carbocycles. The molecule has 0 aromatic heterocycles. The summed E-state index contributed by atoms with van der Waals surface area (Å²) in [5.74, 6) is -1.10. The number of aliphatic hydroxyl groups is 2. The van der Waals surface area contributed by atoms with Gasteiger partial charge in [0.2, 0.25) is 0 Å². The molecule has 0 radical (unpaired) electrons. The highest BCUT2D eigenvalue weighted by atomic mass is 19.1. The highest BCUT2D eigenvalue weighted by Crippen LogP contribution is 2.36. The van der Waals surface area contributed by atoms with Crippen LogP contribution >= 0.6 is 0 Å². The minimum Gasteiger partial charge on any atom is -0.478 e. The molecule has 0 amide bonds. The number of aliphatic hydroxyl groups excluding tert-OH is 2. The molecule has 1 heterocycles. The summed E-state index contributed by atoms with van der Waals surface area (Å²) in [5, 5.41) is 30.7. The predicted molar refractivity (Wildman–Crippen MR) is 144 cm³/mol. The zero-order valence-corrected chi connectivity index (χ0v) is 22.3. The van der Waals surface area contributed by atoms with Gasteiger partial charge in [-0.1, -0.05) is 54.1 Å². The Balaban J connectivity index is 1.35. The highest BCUT2D eigenvalue weighted by Gasteiger charge is 2.34. The topological polar surface area (TPSA) is 90.2 Å². The molecule has 5 atom stereocenters. The number of halogens is 1. The lowest BCUT2D eigenvalue weighted by Gasteiger charge is -2.29. The van der Waals surface area contributed by atoms with E-state index >= 15 is 0 Å². The molecule has 0 bridgehead atoms. The Morgan fingerprint density at radius 1 is 1.21 bits per heavy atom. The lowest BCUT2D eigenvalue weighted by atomic mass is 9.83. The second-order valence-corrected chi connectivity index (χ2v) is 10.6. The van der Waals surface area contributed by atoms with Gasteiger partial charge in [-0.2, -0.15) is 0 Å². The Morgan fingerprint density at radius 3 is 2.68 bits per heavy atom. The van der Waals surface area contributed by atoms with Crippen molar-refractivity contribution in [1.29, 1.82) is 0 Å². The fraction of sp³-hybridized carbons (Fsp3) is 0.452. The Hall–Kier alpha value is -2.84. The normalized spacial score (nSPS) is 23.6. The minimum atomic E-state index is -0.907. The van der Waals surface area contributed by atoms with Crippen LogP contribution < -0.4 is 0 Å². The van der Waals surface area contributed by atoms with Gasteiger partial charge in [0.1, 0.15) is 5.82 Å². The summed E-state index contributed by atoms with van der Waals surface area (Å²) < 4.78 is 20.1. The standard InChI is InChI=1S/C31H38FNO5/c1-19-8-9-22(15-28(19)32)16-29-30(35)12-13-33(29)17-24(34)18-38-21(3)26-6-4-5-7-27(26)23-10-11-25(31(36)37)20(2)14-23/h4-11,15,21,23-24,29-30,34-35H,12-14,16-18H2,1-3H3,(H,36,37)/t21-,23?,24-,29-,30+/m1/s1. The lowest BCUT2D eigenvalue weighted by molar-refractivity contribution is -0.132. The molecule has 1 fully saturated rings. The zero-order valence-electron chi connectivity index (χ0n) is 22.3. The molecule has 1 aliphatic heterocycles. The Kier molecular flexibility index (Phi) is 9.15. The lowest BCUT2D eigenvalue weighted by Crippen LogP contribution is -2.42. The fourth-order valence-electron chi connectivity index (χ4n) is 5.61. The summed E-state index contributed by atoms with van der Waals surface area (Å²) in [6, 6.07) is 13.0. The van der Waals surface area contributed by atoms with Crippen LogP contribution in [-0.2, 0) is 16.0 Å². The average Bonchev–Trinajstić information content (AvgIpc) is 3.22. The summed E-state index contributed by atoms with van der Waals surface area (Å²) in [4.78, 5) is 13.5. The van der Waals surface area contributed by atoms with Crippen molar-refractivity contribution in [2.45, 2.75) is 70.3 Å². The van der Waals surface area contributed by atoms with E-state index in [1.165, 1.54) is 6.07 Å². The van der Waals surface area contributed by atoms with Crippen LogP contribution in [-0.4, -0.2) is 64.1 Å². The number of ether oxygens (including phenoxy) is 1. The van der Waals surface area contributed by atoms with Crippen molar-refractivity contribution < 1.29 is 29.2 Å². The molecule has 2 aliphatic rings. The van der Waals surface area contributed by atoms with E-state index in [-0.39, 0.29) is 30.5 Å². The molecular formula is C31H38FNO5. The van der Waals surface area contributed by atoms with Crippen molar-refractivity contribution in [2.75, 3.05) is 19.7 Å². The van der Waals surface area contributed by atoms with E-state index in [9.17, 15) is 24.5 Å². The van der Waals surface area contributed by atoms with E-state index in [1.807, 2.05) is 50.3 Å². The van der Waals surface area contributed by atoms with Crippen molar-refractivity contribution in [3.8, 4) is 0 Å². The number of hydrogen-bond donors (Lipinski definition) is 3. The molecule has 0 spiro atoms. The first kappa shape index (κ1) is 28.2. The van der Waals surface area contributed by atoms with Crippen LogP contribution in [0.3, 0.4) is 0 Å². The molecule has 1 saturated heterocycles. The Labute approximate surface area is 224 Å². The number of rotatable bonds is 10. The Morgan fingerprint density at radius 2 is 1.97 bits per heavy atom. The van der Waals surface area contributed by atoms with Gasteiger partial charge in [0.15, 0.2) is 0 Å². The molecule has 2 aromatic rings. The van der Waals surface area contributed by atoms with E-state index in [0.717, 1.165) is 22.3 Å². The van der Waals surface area contributed by atoms with Crippen LogP contribution in [0.1, 0.15) is 61.0 Å². The summed E-state index contributed by atoms with van der Waals surface area (Å²) in [6.45, 7) is 6.70. The number of likely N-dealkylation sites (tertiary alicyclic amines) is 1. The third-order valence-electron chi connectivity index (χ3n) is 7.84. The highest BCUT2D eigenvalue weighted by molar-refractivity contribution is 5.91. The monoisotopic (exact) mass is 523 g/mol. The number of benzene rings is 2. The number of carboxylic acids is 1. The molecule has 3 N–H and O–H groups in total. The number of carbonyl (C=O) groups is 1. The quantitative estimate of drug-likeness (QED) is 0.419. The number of allylic oxidation sites excluding steroid dienone is 2. The molecule has 1 unspecified atom stereocenters. The van der Waals surface area contributed by atoms with Crippen molar-refractivity contribution in [2.24, 2.45) is 0 Å². The number of β-amino-alcohol motifs (C(OH)–C–C–N with tert-alkyl or cyclic N) is 1. The average molecular weight is 524 g/mol. The van der Waals surface area contributed by atoms with Crippen LogP contribution in [0.25, 0.3) is 0 Å². The van der Waals surface area contributed by atoms with Crippen LogP contribution in [0, 0.1) is 12.7 Å². The van der Waals surface area contributed by atoms with Crippen LogP contribution in [0.5, 0.6) is 0 Å². The van der Waals surface area contributed by atoms with E-state index in [1.54, 1.807) is 19.1 Å². The SMILES string of the molecule is CC1=C(C(=O)O)C=CC(c2ccccc2[C@@H](C)OC[C@H](O)CN2CC[C@H](O)[C@H]2Cc2ccc(C)c(F)c2)C1. The first-order chi connectivity index (χ1) is 18.1. The number of carboxylic acid groups (broad SMARTS) is 1. The van der Waals surface area contributed by atoms with E-state index in [4.69, 9.17) is 4.74 Å².